The van der Waals surface area contributed by atoms with Gasteiger partial charge in [0.2, 0.25) is 5.43 Å². The van der Waals surface area contributed by atoms with Crippen molar-refractivity contribution >= 4 is 40.4 Å². The first-order valence-electron chi connectivity index (χ1n) is 8.05. The first-order chi connectivity index (χ1) is 13.3. The summed E-state index contributed by atoms with van der Waals surface area (Å²) in [6.07, 6.45) is 1.60. The number of carbonyl (C=O) groups is 1. The van der Waals surface area contributed by atoms with Gasteiger partial charge in [-0.2, -0.15) is 0 Å². The summed E-state index contributed by atoms with van der Waals surface area (Å²) in [5, 5.41) is -0.868. The number of hydrogen-bond acceptors (Lipinski definition) is 4. The van der Waals surface area contributed by atoms with E-state index >= 15 is 0 Å². The number of rotatable bonds is 4. The van der Waals surface area contributed by atoms with Crippen LogP contribution in [0.3, 0.4) is 0 Å². The molecular formula is C19H13ClF3NO3S. The van der Waals surface area contributed by atoms with Crippen molar-refractivity contribution in [2.45, 2.75) is 6.92 Å². The molecule has 0 saturated carbocycles. The summed E-state index contributed by atoms with van der Waals surface area (Å²) in [6.45, 7) is 1.56. The Morgan fingerprint density at radius 2 is 1.86 bits per heavy atom. The van der Waals surface area contributed by atoms with Gasteiger partial charge in [-0.1, -0.05) is 11.6 Å². The van der Waals surface area contributed by atoms with Gasteiger partial charge in [-0.25, -0.2) is 18.0 Å². The van der Waals surface area contributed by atoms with E-state index in [-0.39, 0.29) is 28.8 Å². The fourth-order valence-corrected chi connectivity index (χ4v) is 3.94. The first-order valence-corrected chi connectivity index (χ1v) is 9.61. The van der Waals surface area contributed by atoms with Crippen LogP contribution in [-0.2, 0) is 4.74 Å². The van der Waals surface area contributed by atoms with Crippen molar-refractivity contribution in [1.82, 2.24) is 3.97 Å². The Labute approximate surface area is 167 Å². The van der Waals surface area contributed by atoms with Crippen molar-refractivity contribution in [3.63, 3.8) is 0 Å². The standard InChI is InChI=1S/C19H13ClF3NO3S/c1-3-27-19(26)13-16(9-4-6-10(21)7-5-9)24(28-2)17-11(18(13)25)8-12(22)15(23)14(17)20/h4-8H,3H2,1-2H3. The number of carbonyl (C=O) groups excluding carboxylic acids is 1. The molecule has 146 valence electrons. The number of hydrogen-bond donors (Lipinski definition) is 0. The molecule has 0 bridgehead atoms. The van der Waals surface area contributed by atoms with E-state index in [1.165, 1.54) is 16.1 Å². The summed E-state index contributed by atoms with van der Waals surface area (Å²) in [5.41, 5.74) is -0.975. The lowest BCUT2D eigenvalue weighted by Gasteiger charge is -2.19. The Morgan fingerprint density at radius 3 is 2.43 bits per heavy atom. The average molecular weight is 428 g/mol. The summed E-state index contributed by atoms with van der Waals surface area (Å²) in [7, 11) is 0. The van der Waals surface area contributed by atoms with Crippen molar-refractivity contribution in [1.29, 1.82) is 0 Å². The number of aromatic nitrogens is 1. The molecule has 0 unspecified atom stereocenters. The molecule has 4 nitrogen and oxygen atoms in total. The van der Waals surface area contributed by atoms with Crippen molar-refractivity contribution in [3.8, 4) is 11.3 Å². The molecular weight excluding hydrogens is 415 g/mol. The Morgan fingerprint density at radius 1 is 1.21 bits per heavy atom. The van der Waals surface area contributed by atoms with E-state index in [9.17, 15) is 22.8 Å². The topological polar surface area (TPSA) is 48.3 Å². The van der Waals surface area contributed by atoms with Crippen LogP contribution in [0.1, 0.15) is 17.3 Å². The third-order valence-corrected chi connectivity index (χ3v) is 5.11. The minimum atomic E-state index is -1.31. The number of fused-ring (bicyclic) bond motifs is 1. The van der Waals surface area contributed by atoms with Crippen LogP contribution in [0.5, 0.6) is 0 Å². The van der Waals surface area contributed by atoms with Gasteiger partial charge in [0, 0.05) is 11.8 Å². The monoisotopic (exact) mass is 427 g/mol. The smallest absolute Gasteiger partial charge is 0.344 e. The lowest BCUT2D eigenvalue weighted by molar-refractivity contribution is 0.0525. The molecule has 0 aliphatic heterocycles. The van der Waals surface area contributed by atoms with Crippen molar-refractivity contribution in [2.24, 2.45) is 0 Å². The molecule has 0 amide bonds. The Balaban J connectivity index is 2.57. The summed E-state index contributed by atoms with van der Waals surface area (Å²) >= 11 is 7.01. The molecule has 0 atom stereocenters. The second-order valence-corrected chi connectivity index (χ2v) is 6.75. The van der Waals surface area contributed by atoms with Gasteiger partial charge in [0.15, 0.2) is 11.6 Å². The molecule has 0 N–H and O–H groups in total. The molecule has 0 aliphatic rings. The largest absolute Gasteiger partial charge is 0.462 e. The van der Waals surface area contributed by atoms with Gasteiger partial charge in [0.1, 0.15) is 16.4 Å². The van der Waals surface area contributed by atoms with E-state index in [0.29, 0.717) is 11.6 Å². The minimum absolute atomic E-state index is 0.00300. The van der Waals surface area contributed by atoms with Gasteiger partial charge >= 0.3 is 5.97 Å². The molecule has 2 aromatic carbocycles. The highest BCUT2D eigenvalue weighted by molar-refractivity contribution is 7.97. The number of esters is 1. The molecule has 0 fully saturated rings. The molecule has 0 radical (unpaired) electrons. The first kappa shape index (κ1) is 20.3. The average Bonchev–Trinajstić information content (AvgIpc) is 2.67. The zero-order valence-corrected chi connectivity index (χ0v) is 16.3. The molecule has 1 aromatic heterocycles. The van der Waals surface area contributed by atoms with Gasteiger partial charge in [-0.3, -0.25) is 8.77 Å². The maximum absolute atomic E-state index is 14.1. The highest BCUT2D eigenvalue weighted by Crippen LogP contribution is 2.35. The highest BCUT2D eigenvalue weighted by Gasteiger charge is 2.27. The number of ether oxygens (including phenoxy) is 1. The van der Waals surface area contributed by atoms with E-state index in [1.807, 2.05) is 0 Å². The lowest BCUT2D eigenvalue weighted by atomic mass is 10.0. The zero-order chi connectivity index (χ0) is 20.6. The van der Waals surface area contributed by atoms with E-state index in [4.69, 9.17) is 16.3 Å². The van der Waals surface area contributed by atoms with Crippen LogP contribution in [0, 0.1) is 17.5 Å². The third kappa shape index (κ3) is 3.27. The maximum Gasteiger partial charge on any atom is 0.344 e. The molecule has 28 heavy (non-hydrogen) atoms. The second kappa shape index (κ2) is 7.89. The maximum atomic E-state index is 14.1. The van der Waals surface area contributed by atoms with Gasteiger partial charge < -0.3 is 4.74 Å². The fraction of sp³-hybridized carbons (Fsp3) is 0.158. The van der Waals surface area contributed by atoms with Crippen LogP contribution >= 0.6 is 23.5 Å². The van der Waals surface area contributed by atoms with Crippen LogP contribution in [0.25, 0.3) is 22.2 Å². The van der Waals surface area contributed by atoms with Crippen molar-refractivity contribution < 1.29 is 22.7 Å². The number of pyridine rings is 1. The molecule has 0 saturated heterocycles. The van der Waals surface area contributed by atoms with Gasteiger partial charge in [-0.05, 0) is 49.2 Å². The quantitative estimate of drug-likeness (QED) is 0.432. The summed E-state index contributed by atoms with van der Waals surface area (Å²) in [6, 6.07) is 5.72. The molecule has 3 aromatic rings. The number of benzene rings is 2. The predicted octanol–water partition coefficient (Wildman–Crippen LogP) is 5.04. The lowest BCUT2D eigenvalue weighted by Crippen LogP contribution is -2.23. The number of nitrogens with zero attached hydrogens (tertiary/aromatic N) is 1. The van der Waals surface area contributed by atoms with E-state index < -0.39 is 33.9 Å². The molecule has 3 rings (SSSR count). The molecule has 1 heterocycles. The Bertz CT molecular complexity index is 1150. The Hall–Kier alpha value is -2.45. The number of halogens is 4. The van der Waals surface area contributed by atoms with Crippen molar-refractivity contribution in [3.05, 3.63) is 68.6 Å². The van der Waals surface area contributed by atoms with Crippen LogP contribution in [0.2, 0.25) is 5.02 Å². The fourth-order valence-electron chi connectivity index (χ4n) is 2.86. The van der Waals surface area contributed by atoms with Crippen LogP contribution < -0.4 is 5.43 Å². The van der Waals surface area contributed by atoms with Gasteiger partial charge in [-0.15, -0.1) is 0 Å². The molecule has 9 heteroatoms. The summed E-state index contributed by atoms with van der Waals surface area (Å²) in [4.78, 5) is 25.6. The zero-order valence-electron chi connectivity index (χ0n) is 14.7. The van der Waals surface area contributed by atoms with Crippen LogP contribution in [0.4, 0.5) is 13.2 Å². The summed E-state index contributed by atoms with van der Waals surface area (Å²) < 4.78 is 47.7. The normalized spacial score (nSPS) is 11.1. The van der Waals surface area contributed by atoms with E-state index in [1.54, 1.807) is 13.2 Å². The molecule has 0 spiro atoms. The SMILES string of the molecule is CCOC(=O)c1c(-c2ccc(F)cc2)n(SC)c2c(Cl)c(F)c(F)cc2c1=O. The molecule has 0 aliphatic carbocycles. The van der Waals surface area contributed by atoms with E-state index in [0.717, 1.165) is 24.1 Å². The minimum Gasteiger partial charge on any atom is -0.462 e. The van der Waals surface area contributed by atoms with Gasteiger partial charge in [0.25, 0.3) is 0 Å². The third-order valence-electron chi connectivity index (χ3n) is 4.03. The van der Waals surface area contributed by atoms with Crippen LogP contribution in [0.15, 0.2) is 35.1 Å². The summed E-state index contributed by atoms with van der Waals surface area (Å²) in [5.74, 6) is -4.08. The van der Waals surface area contributed by atoms with Crippen molar-refractivity contribution in [2.75, 3.05) is 12.9 Å². The van der Waals surface area contributed by atoms with Crippen LogP contribution in [-0.4, -0.2) is 22.8 Å². The highest BCUT2D eigenvalue weighted by atomic mass is 35.5. The van der Waals surface area contributed by atoms with Gasteiger partial charge in [0.05, 0.1) is 23.2 Å². The van der Waals surface area contributed by atoms with E-state index in [2.05, 4.69) is 0 Å². The Kier molecular flexibility index (Phi) is 5.71. The predicted molar refractivity (Wildman–Crippen MR) is 103 cm³/mol. The second-order valence-electron chi connectivity index (χ2n) is 5.64.